The average Bonchev–Trinajstić information content (AvgIpc) is 2.56. The molecule has 0 radical (unpaired) electrons. The Morgan fingerprint density at radius 3 is 3.15 bits per heavy atom. The number of ether oxygens (including phenoxy) is 2. The number of fused-ring (bicyclic) bond motifs is 1. The second kappa shape index (κ2) is 3.24. The Balaban J connectivity index is 2.26. The van der Waals surface area contributed by atoms with Crippen molar-refractivity contribution >= 4 is 6.29 Å². The first kappa shape index (κ1) is 8.91. The van der Waals surface area contributed by atoms with Crippen LogP contribution in [0.25, 0.3) is 0 Å². The number of hydrogen-bond donors (Lipinski definition) is 0. The van der Waals surface area contributed by atoms with E-state index < -0.39 is 5.79 Å². The summed E-state index contributed by atoms with van der Waals surface area (Å²) in [6.07, 6.45) is 6.94. The Labute approximate surface area is 77.7 Å². The van der Waals surface area contributed by atoms with Crippen LogP contribution in [0.3, 0.4) is 0 Å². The minimum atomic E-state index is -0.681. The third-order valence-corrected chi connectivity index (χ3v) is 2.98. The van der Waals surface area contributed by atoms with Crippen LogP contribution in [0.15, 0.2) is 12.2 Å². The highest BCUT2D eigenvalue weighted by atomic mass is 16.7. The molecule has 2 aliphatic rings. The topological polar surface area (TPSA) is 35.5 Å². The molecule has 1 aliphatic heterocycles. The molecule has 0 aromatic rings. The molecular formula is C10H14O3. The number of rotatable bonds is 2. The summed E-state index contributed by atoms with van der Waals surface area (Å²) in [5.74, 6) is -0.663. The normalized spacial score (nSPS) is 43.2. The predicted molar refractivity (Wildman–Crippen MR) is 47.1 cm³/mol. The molecule has 0 bridgehead atoms. The quantitative estimate of drug-likeness (QED) is 0.474. The second-order valence-electron chi connectivity index (χ2n) is 3.57. The van der Waals surface area contributed by atoms with Crippen molar-refractivity contribution in [2.24, 2.45) is 11.8 Å². The van der Waals surface area contributed by atoms with Crippen molar-refractivity contribution < 1.29 is 14.3 Å². The van der Waals surface area contributed by atoms with Gasteiger partial charge in [0.2, 0.25) is 0 Å². The highest BCUT2D eigenvalue weighted by molar-refractivity contribution is 5.60. The van der Waals surface area contributed by atoms with Crippen LogP contribution in [0.4, 0.5) is 0 Å². The van der Waals surface area contributed by atoms with Crippen molar-refractivity contribution in [1.82, 2.24) is 0 Å². The minimum absolute atomic E-state index is 0.234. The molecular weight excluding hydrogens is 168 g/mol. The Morgan fingerprint density at radius 2 is 2.46 bits per heavy atom. The highest BCUT2D eigenvalue weighted by Gasteiger charge is 2.50. The van der Waals surface area contributed by atoms with Crippen LogP contribution in [-0.4, -0.2) is 25.8 Å². The summed E-state index contributed by atoms with van der Waals surface area (Å²) in [7, 11) is 1.61. The number of hydrogen-bond acceptors (Lipinski definition) is 3. The van der Waals surface area contributed by atoms with Gasteiger partial charge in [0.05, 0.1) is 12.5 Å². The summed E-state index contributed by atoms with van der Waals surface area (Å²) in [6.45, 7) is 0.691. The van der Waals surface area contributed by atoms with Gasteiger partial charge in [0.25, 0.3) is 0 Å². The van der Waals surface area contributed by atoms with Gasteiger partial charge >= 0.3 is 0 Å². The number of carbonyl (C=O) groups is 1. The van der Waals surface area contributed by atoms with Crippen LogP contribution in [0.1, 0.15) is 12.8 Å². The summed E-state index contributed by atoms with van der Waals surface area (Å²) in [5.41, 5.74) is 0. The maximum atomic E-state index is 10.8. The molecule has 3 nitrogen and oxygen atoms in total. The number of methoxy groups -OCH3 is 1. The van der Waals surface area contributed by atoms with Gasteiger partial charge < -0.3 is 14.3 Å². The van der Waals surface area contributed by atoms with Crippen LogP contribution in [0.2, 0.25) is 0 Å². The van der Waals surface area contributed by atoms with E-state index in [1.807, 2.05) is 12.2 Å². The van der Waals surface area contributed by atoms with E-state index in [2.05, 4.69) is 0 Å². The van der Waals surface area contributed by atoms with Gasteiger partial charge in [-0.2, -0.15) is 0 Å². The van der Waals surface area contributed by atoms with Crippen molar-refractivity contribution in [2.75, 3.05) is 13.7 Å². The van der Waals surface area contributed by atoms with E-state index >= 15 is 0 Å². The monoisotopic (exact) mass is 182 g/mol. The summed E-state index contributed by atoms with van der Waals surface area (Å²) >= 11 is 0. The molecule has 1 fully saturated rings. The SMILES string of the molecule is CO[C@]12OCCC[C@H]1C=C[C@@H]2C=O. The molecule has 0 aromatic carbocycles. The van der Waals surface area contributed by atoms with Crippen molar-refractivity contribution in [3.05, 3.63) is 12.2 Å². The molecule has 3 atom stereocenters. The molecule has 2 rings (SSSR count). The molecule has 0 N–H and O–H groups in total. The number of carbonyl (C=O) groups excluding carboxylic acids is 1. The molecule has 1 heterocycles. The first-order chi connectivity index (χ1) is 6.33. The Bertz CT molecular complexity index is 236. The zero-order valence-electron chi connectivity index (χ0n) is 7.73. The van der Waals surface area contributed by atoms with Crippen LogP contribution >= 0.6 is 0 Å². The van der Waals surface area contributed by atoms with Gasteiger partial charge in [-0.25, -0.2) is 0 Å². The summed E-state index contributed by atoms with van der Waals surface area (Å²) < 4.78 is 11.0. The smallest absolute Gasteiger partial charge is 0.187 e. The molecule has 13 heavy (non-hydrogen) atoms. The van der Waals surface area contributed by atoms with Crippen LogP contribution in [0.5, 0.6) is 0 Å². The van der Waals surface area contributed by atoms with Gasteiger partial charge in [0.15, 0.2) is 5.79 Å². The van der Waals surface area contributed by atoms with E-state index in [1.54, 1.807) is 7.11 Å². The van der Waals surface area contributed by atoms with Crippen LogP contribution in [0, 0.1) is 11.8 Å². The second-order valence-corrected chi connectivity index (χ2v) is 3.57. The van der Waals surface area contributed by atoms with E-state index in [1.165, 1.54) is 0 Å². The van der Waals surface area contributed by atoms with Gasteiger partial charge in [0, 0.05) is 13.0 Å². The molecule has 0 saturated carbocycles. The van der Waals surface area contributed by atoms with Gasteiger partial charge in [-0.05, 0) is 12.8 Å². The molecule has 0 aromatic heterocycles. The molecule has 0 amide bonds. The lowest BCUT2D eigenvalue weighted by Crippen LogP contribution is -2.48. The Morgan fingerprint density at radius 1 is 1.62 bits per heavy atom. The van der Waals surface area contributed by atoms with Crippen molar-refractivity contribution in [3.63, 3.8) is 0 Å². The maximum Gasteiger partial charge on any atom is 0.187 e. The third-order valence-electron chi connectivity index (χ3n) is 2.98. The summed E-state index contributed by atoms with van der Waals surface area (Å²) in [6, 6.07) is 0. The molecule has 0 spiro atoms. The zero-order valence-corrected chi connectivity index (χ0v) is 7.73. The molecule has 1 aliphatic carbocycles. The van der Waals surface area contributed by atoms with Crippen molar-refractivity contribution in [3.8, 4) is 0 Å². The summed E-state index contributed by atoms with van der Waals surface area (Å²) in [4.78, 5) is 10.8. The van der Waals surface area contributed by atoms with Crippen LogP contribution in [-0.2, 0) is 14.3 Å². The lowest BCUT2D eigenvalue weighted by molar-refractivity contribution is -0.270. The first-order valence-corrected chi connectivity index (χ1v) is 4.66. The average molecular weight is 182 g/mol. The Hall–Kier alpha value is -0.670. The zero-order chi connectivity index (χ0) is 9.31. The van der Waals surface area contributed by atoms with E-state index in [0.717, 1.165) is 19.1 Å². The highest BCUT2D eigenvalue weighted by Crippen LogP contribution is 2.43. The molecule has 0 unspecified atom stereocenters. The fraction of sp³-hybridized carbons (Fsp3) is 0.700. The van der Waals surface area contributed by atoms with Gasteiger partial charge in [-0.15, -0.1) is 0 Å². The van der Waals surface area contributed by atoms with E-state index in [-0.39, 0.29) is 11.8 Å². The van der Waals surface area contributed by atoms with Crippen LogP contribution < -0.4 is 0 Å². The molecule has 1 saturated heterocycles. The largest absolute Gasteiger partial charge is 0.352 e. The van der Waals surface area contributed by atoms with Gasteiger partial charge in [-0.3, -0.25) is 0 Å². The fourth-order valence-corrected chi connectivity index (χ4v) is 2.29. The number of aldehydes is 1. The molecule has 72 valence electrons. The lowest BCUT2D eigenvalue weighted by Gasteiger charge is -2.40. The maximum absolute atomic E-state index is 10.8. The van der Waals surface area contributed by atoms with Gasteiger partial charge in [0.1, 0.15) is 6.29 Å². The minimum Gasteiger partial charge on any atom is -0.352 e. The van der Waals surface area contributed by atoms with E-state index in [0.29, 0.717) is 6.61 Å². The van der Waals surface area contributed by atoms with Gasteiger partial charge in [-0.1, -0.05) is 12.2 Å². The molecule has 3 heteroatoms. The Kier molecular flexibility index (Phi) is 2.22. The lowest BCUT2D eigenvalue weighted by atomic mass is 9.89. The van der Waals surface area contributed by atoms with Crippen molar-refractivity contribution in [1.29, 1.82) is 0 Å². The fourth-order valence-electron chi connectivity index (χ4n) is 2.29. The van der Waals surface area contributed by atoms with Crippen molar-refractivity contribution in [2.45, 2.75) is 18.6 Å². The standard InChI is InChI=1S/C10H14O3/c1-12-10-8(3-2-6-13-10)4-5-9(10)7-11/h4-5,7-9H,2-3,6H2,1H3/t8-,9+,10-/m0/s1. The van der Waals surface area contributed by atoms with E-state index in [9.17, 15) is 4.79 Å². The third kappa shape index (κ3) is 1.15. The van der Waals surface area contributed by atoms with E-state index in [4.69, 9.17) is 9.47 Å². The summed E-state index contributed by atoms with van der Waals surface area (Å²) in [5, 5.41) is 0. The first-order valence-electron chi connectivity index (χ1n) is 4.66. The predicted octanol–water partition coefficient (Wildman–Crippen LogP) is 1.14.